The summed E-state index contributed by atoms with van der Waals surface area (Å²) in [5.41, 5.74) is 0.0262. The lowest BCUT2D eigenvalue weighted by molar-refractivity contribution is 0.0426. The van der Waals surface area contributed by atoms with Gasteiger partial charge in [-0.15, -0.1) is 0 Å². The Bertz CT molecular complexity index is 578. The molecule has 4 aliphatic rings. The van der Waals surface area contributed by atoms with Gasteiger partial charge in [0.1, 0.15) is 0 Å². The van der Waals surface area contributed by atoms with Gasteiger partial charge in [0.2, 0.25) is 0 Å². The van der Waals surface area contributed by atoms with Crippen LogP contribution in [0.1, 0.15) is 58.8 Å². The lowest BCUT2D eigenvalue weighted by Gasteiger charge is -2.45. The summed E-state index contributed by atoms with van der Waals surface area (Å²) in [5.74, 6) is 0. The number of urea groups is 1. The number of nitrogens with one attached hydrogen (secondary N) is 1. The van der Waals surface area contributed by atoms with Crippen molar-refractivity contribution >= 4 is 12.1 Å². The van der Waals surface area contributed by atoms with Crippen LogP contribution in [0.4, 0.5) is 9.59 Å². The molecule has 3 saturated heterocycles. The van der Waals surface area contributed by atoms with Crippen LogP contribution in [0.2, 0.25) is 0 Å². The predicted molar refractivity (Wildman–Crippen MR) is 103 cm³/mol. The maximum Gasteiger partial charge on any atom is 0.409 e. The molecule has 4 fully saturated rings. The smallest absolute Gasteiger partial charge is 0.409 e. The highest BCUT2D eigenvalue weighted by atomic mass is 16.6. The number of likely N-dealkylation sites (tertiary alicyclic amines) is 2. The van der Waals surface area contributed by atoms with Crippen LogP contribution in [0.25, 0.3) is 0 Å². The maximum atomic E-state index is 12.6. The third-order valence-electron chi connectivity index (χ3n) is 7.23. The van der Waals surface area contributed by atoms with Gasteiger partial charge in [-0.25, -0.2) is 9.59 Å². The van der Waals surface area contributed by atoms with Crippen molar-refractivity contribution in [3.63, 3.8) is 0 Å². The third-order valence-corrected chi connectivity index (χ3v) is 7.23. The molecule has 1 aliphatic carbocycles. The monoisotopic (exact) mass is 378 g/mol. The zero-order valence-corrected chi connectivity index (χ0v) is 16.8. The van der Waals surface area contributed by atoms with Gasteiger partial charge in [-0.3, -0.25) is 4.90 Å². The second-order valence-electron chi connectivity index (χ2n) is 8.90. The average molecular weight is 379 g/mol. The molecule has 3 aliphatic heterocycles. The Balaban J connectivity index is 1.34. The summed E-state index contributed by atoms with van der Waals surface area (Å²) >= 11 is 0. The molecule has 3 atom stereocenters. The van der Waals surface area contributed by atoms with Crippen LogP contribution in [-0.4, -0.2) is 83.3 Å². The largest absolute Gasteiger partial charge is 0.450 e. The van der Waals surface area contributed by atoms with Crippen LogP contribution in [0.15, 0.2) is 0 Å². The summed E-state index contributed by atoms with van der Waals surface area (Å²) in [5, 5.41) is 3.22. The zero-order valence-electron chi connectivity index (χ0n) is 16.8. The number of carbonyl (C=O) groups excluding carboxylic acids is 2. The van der Waals surface area contributed by atoms with Crippen molar-refractivity contribution in [2.45, 2.75) is 82.5 Å². The van der Waals surface area contributed by atoms with Crippen LogP contribution in [-0.2, 0) is 4.74 Å². The first-order valence-electron chi connectivity index (χ1n) is 10.8. The minimum atomic E-state index is -0.187. The number of nitrogens with zero attached hydrogens (tertiary/aromatic N) is 3. The first-order valence-corrected chi connectivity index (χ1v) is 10.8. The van der Waals surface area contributed by atoms with Crippen molar-refractivity contribution in [2.24, 2.45) is 0 Å². The molecule has 0 spiro atoms. The number of amides is 3. The lowest BCUT2D eigenvalue weighted by atomic mass is 9.88. The number of hydrogen-bond acceptors (Lipinski definition) is 4. The minimum absolute atomic E-state index is 0.0262. The Labute approximate surface area is 162 Å². The summed E-state index contributed by atoms with van der Waals surface area (Å²) in [7, 11) is 0. The highest BCUT2D eigenvalue weighted by Gasteiger charge is 2.47. The predicted octanol–water partition coefficient (Wildman–Crippen LogP) is 2.41. The van der Waals surface area contributed by atoms with E-state index < -0.39 is 0 Å². The first kappa shape index (κ1) is 18.8. The van der Waals surface area contributed by atoms with Crippen LogP contribution >= 0.6 is 0 Å². The van der Waals surface area contributed by atoms with Gasteiger partial charge in [-0.2, -0.15) is 0 Å². The molecule has 7 nitrogen and oxygen atoms in total. The van der Waals surface area contributed by atoms with Crippen molar-refractivity contribution in [3.8, 4) is 0 Å². The Morgan fingerprint density at radius 1 is 1.19 bits per heavy atom. The number of hydrogen-bond donors (Lipinski definition) is 1. The average Bonchev–Trinajstić information content (AvgIpc) is 3.23. The quantitative estimate of drug-likeness (QED) is 0.819. The Hall–Kier alpha value is -1.50. The van der Waals surface area contributed by atoms with Crippen molar-refractivity contribution in [1.29, 1.82) is 0 Å². The van der Waals surface area contributed by atoms with E-state index in [2.05, 4.69) is 22.0 Å². The molecule has 0 aromatic carbocycles. The van der Waals surface area contributed by atoms with Crippen molar-refractivity contribution < 1.29 is 14.3 Å². The van der Waals surface area contributed by atoms with E-state index in [0.29, 0.717) is 24.7 Å². The van der Waals surface area contributed by atoms with E-state index in [4.69, 9.17) is 4.74 Å². The van der Waals surface area contributed by atoms with Crippen LogP contribution in [0, 0.1) is 0 Å². The second kappa shape index (κ2) is 7.49. The normalized spacial score (nSPS) is 35.3. The third kappa shape index (κ3) is 3.50. The molecule has 0 aromatic rings. The zero-order chi connectivity index (χ0) is 19.0. The second-order valence-corrected chi connectivity index (χ2v) is 8.90. The number of carbonyl (C=O) groups is 2. The minimum Gasteiger partial charge on any atom is -0.450 e. The van der Waals surface area contributed by atoms with Gasteiger partial charge in [-0.05, 0) is 46.0 Å². The lowest BCUT2D eigenvalue weighted by Crippen LogP contribution is -2.56. The summed E-state index contributed by atoms with van der Waals surface area (Å²) in [6.45, 7) is 8.06. The summed E-state index contributed by atoms with van der Waals surface area (Å²) < 4.78 is 5.17. The highest BCUT2D eigenvalue weighted by molar-refractivity contribution is 5.78. The van der Waals surface area contributed by atoms with Gasteiger partial charge in [0.25, 0.3) is 0 Å². The molecule has 7 heteroatoms. The molecule has 0 radical (unpaired) electrons. The Morgan fingerprint density at radius 2 is 1.93 bits per heavy atom. The van der Waals surface area contributed by atoms with Gasteiger partial charge in [0.05, 0.1) is 18.7 Å². The first-order chi connectivity index (χ1) is 13.0. The fourth-order valence-electron chi connectivity index (χ4n) is 5.69. The van der Waals surface area contributed by atoms with Crippen LogP contribution < -0.4 is 5.32 Å². The molecule has 0 aromatic heterocycles. The fraction of sp³-hybridized carbons (Fsp3) is 0.900. The molecule has 4 rings (SSSR count). The number of fused-ring (bicyclic) bond motifs is 1. The van der Waals surface area contributed by atoms with Crippen LogP contribution in [0.3, 0.4) is 0 Å². The molecule has 27 heavy (non-hydrogen) atoms. The maximum absolute atomic E-state index is 12.6. The summed E-state index contributed by atoms with van der Waals surface area (Å²) in [6, 6.07) is 1.30. The molecule has 1 unspecified atom stereocenters. The molecule has 1 saturated carbocycles. The molecule has 1 N–H and O–H groups in total. The number of ether oxygens (including phenoxy) is 1. The molecule has 0 bridgehead atoms. The Kier molecular flexibility index (Phi) is 5.23. The standard InChI is InChI=1S/C20H34N4O3/c1-3-27-19(26)22-13-10-20(2,14-22)23-11-8-15(9-12-23)24-17-7-5-4-6-16(17)21-18(24)25/h15-17H,3-14H2,1-2H3,(H,21,25)/t16-,17-,20?/m0/s1. The van der Waals surface area contributed by atoms with Gasteiger partial charge < -0.3 is 19.9 Å². The van der Waals surface area contributed by atoms with Crippen molar-refractivity contribution in [1.82, 2.24) is 20.0 Å². The van der Waals surface area contributed by atoms with Gasteiger partial charge in [0, 0.05) is 37.8 Å². The van der Waals surface area contributed by atoms with Gasteiger partial charge >= 0.3 is 12.1 Å². The van der Waals surface area contributed by atoms with Crippen molar-refractivity contribution in [3.05, 3.63) is 0 Å². The molecule has 3 heterocycles. The fourth-order valence-corrected chi connectivity index (χ4v) is 5.69. The summed E-state index contributed by atoms with van der Waals surface area (Å²) in [6.07, 6.45) is 7.63. The number of piperidine rings is 1. The van der Waals surface area contributed by atoms with E-state index in [1.165, 1.54) is 12.8 Å². The topological polar surface area (TPSA) is 65.1 Å². The van der Waals surface area contributed by atoms with E-state index in [9.17, 15) is 9.59 Å². The van der Waals surface area contributed by atoms with Crippen molar-refractivity contribution in [2.75, 3.05) is 32.8 Å². The van der Waals surface area contributed by atoms with E-state index in [1.807, 2.05) is 11.8 Å². The Morgan fingerprint density at radius 3 is 2.67 bits per heavy atom. The highest BCUT2D eigenvalue weighted by Crippen LogP contribution is 2.35. The van der Waals surface area contributed by atoms with E-state index in [-0.39, 0.29) is 17.7 Å². The van der Waals surface area contributed by atoms with Gasteiger partial charge in [-0.1, -0.05) is 12.8 Å². The van der Waals surface area contributed by atoms with Gasteiger partial charge in [0.15, 0.2) is 0 Å². The molecule has 3 amide bonds. The van der Waals surface area contributed by atoms with Crippen LogP contribution in [0.5, 0.6) is 0 Å². The van der Waals surface area contributed by atoms with E-state index in [1.54, 1.807) is 0 Å². The summed E-state index contributed by atoms with van der Waals surface area (Å²) in [4.78, 5) is 31.2. The SMILES string of the molecule is CCOC(=O)N1CCC(C)(N2CCC(N3C(=O)N[C@H]4CCCC[C@@H]43)CC2)C1. The van der Waals surface area contributed by atoms with E-state index in [0.717, 1.165) is 58.3 Å². The van der Waals surface area contributed by atoms with E-state index >= 15 is 0 Å². The molecular formula is C20H34N4O3. The molecule has 152 valence electrons. The number of rotatable bonds is 3. The molecular weight excluding hydrogens is 344 g/mol.